The number of nitrogens with zero attached hydrogens (tertiary/aromatic N) is 2. The lowest BCUT2D eigenvalue weighted by Crippen LogP contribution is -2.04. The second kappa shape index (κ2) is 5.81. The van der Waals surface area contributed by atoms with E-state index in [-0.39, 0.29) is 5.69 Å². The molecule has 0 unspecified atom stereocenters. The number of rotatable bonds is 2. The van der Waals surface area contributed by atoms with Gasteiger partial charge in [0.15, 0.2) is 5.69 Å². The van der Waals surface area contributed by atoms with Gasteiger partial charge in [-0.3, -0.25) is 0 Å². The number of benzene rings is 1. The van der Waals surface area contributed by atoms with Crippen molar-refractivity contribution in [3.63, 3.8) is 0 Å². The topological polar surface area (TPSA) is 55.1 Å². The zero-order valence-electron chi connectivity index (χ0n) is 11.3. The molecule has 6 heteroatoms. The van der Waals surface area contributed by atoms with Gasteiger partial charge >= 0.3 is 5.97 Å². The van der Waals surface area contributed by atoms with E-state index < -0.39 is 5.97 Å². The van der Waals surface area contributed by atoms with Gasteiger partial charge in [-0.25, -0.2) is 9.48 Å². The molecule has 3 rings (SSSR count). The van der Waals surface area contributed by atoms with Crippen molar-refractivity contribution in [3.8, 4) is 5.69 Å². The van der Waals surface area contributed by atoms with Crippen molar-refractivity contribution in [1.29, 1.82) is 0 Å². The van der Waals surface area contributed by atoms with Gasteiger partial charge in [0, 0.05) is 15.7 Å². The highest BCUT2D eigenvalue weighted by molar-refractivity contribution is 9.10. The Hall–Kier alpha value is -1.33. The van der Waals surface area contributed by atoms with Gasteiger partial charge in [0.25, 0.3) is 0 Å². The summed E-state index contributed by atoms with van der Waals surface area (Å²) in [5.41, 5.74) is 2.85. The molecule has 1 aliphatic carbocycles. The van der Waals surface area contributed by atoms with Crippen LogP contribution in [0.5, 0.6) is 0 Å². The predicted octanol–water partition coefficient (Wildman–Crippen LogP) is 4.26. The van der Waals surface area contributed by atoms with E-state index in [1.807, 2.05) is 12.1 Å². The van der Waals surface area contributed by atoms with Gasteiger partial charge in [0.2, 0.25) is 0 Å². The first-order valence-electron chi connectivity index (χ1n) is 6.87. The van der Waals surface area contributed by atoms with Crippen LogP contribution in [0.1, 0.15) is 41.0 Å². The maximum absolute atomic E-state index is 11.4. The van der Waals surface area contributed by atoms with E-state index in [0.29, 0.717) is 5.02 Å². The van der Waals surface area contributed by atoms with E-state index in [4.69, 9.17) is 11.6 Å². The number of fused-ring (bicyclic) bond motifs is 1. The van der Waals surface area contributed by atoms with E-state index >= 15 is 0 Å². The first-order valence-corrected chi connectivity index (χ1v) is 8.04. The monoisotopic (exact) mass is 368 g/mol. The second-order valence-electron chi connectivity index (χ2n) is 5.15. The Bertz CT molecular complexity index is 712. The first-order chi connectivity index (χ1) is 10.1. The fraction of sp³-hybridized carbons (Fsp3) is 0.333. The lowest BCUT2D eigenvalue weighted by molar-refractivity contribution is 0.0688. The average Bonchev–Trinajstić information content (AvgIpc) is 2.65. The van der Waals surface area contributed by atoms with E-state index in [1.165, 1.54) is 0 Å². The van der Waals surface area contributed by atoms with E-state index in [0.717, 1.165) is 53.5 Å². The van der Waals surface area contributed by atoms with Crippen molar-refractivity contribution in [2.45, 2.75) is 32.1 Å². The molecule has 0 saturated heterocycles. The van der Waals surface area contributed by atoms with Crippen molar-refractivity contribution in [1.82, 2.24) is 9.78 Å². The first kappa shape index (κ1) is 14.6. The number of hydrogen-bond acceptors (Lipinski definition) is 2. The summed E-state index contributed by atoms with van der Waals surface area (Å²) >= 11 is 9.51. The Morgan fingerprint density at radius 1 is 1.29 bits per heavy atom. The summed E-state index contributed by atoms with van der Waals surface area (Å²) < 4.78 is 2.55. The number of carboxylic acid groups (broad SMARTS) is 1. The molecule has 110 valence electrons. The minimum absolute atomic E-state index is 0.172. The lowest BCUT2D eigenvalue weighted by Gasteiger charge is -2.08. The quantitative estimate of drug-likeness (QED) is 0.805. The molecule has 2 aromatic rings. The molecule has 0 spiro atoms. The molecule has 1 aromatic carbocycles. The Kier molecular flexibility index (Phi) is 4.04. The average molecular weight is 370 g/mol. The third-order valence-corrected chi connectivity index (χ3v) is 5.01. The minimum Gasteiger partial charge on any atom is -0.476 e. The fourth-order valence-corrected chi connectivity index (χ4v) is 3.20. The van der Waals surface area contributed by atoms with Gasteiger partial charge in [0.05, 0.1) is 10.7 Å². The van der Waals surface area contributed by atoms with Crippen LogP contribution < -0.4 is 0 Å². The maximum atomic E-state index is 11.4. The number of aromatic nitrogens is 2. The molecular formula is C15H14BrClN2O2. The molecule has 0 amide bonds. The van der Waals surface area contributed by atoms with E-state index in [2.05, 4.69) is 21.0 Å². The van der Waals surface area contributed by atoms with Crippen LogP contribution in [-0.4, -0.2) is 20.9 Å². The zero-order chi connectivity index (χ0) is 15.0. The molecule has 1 aliphatic rings. The number of hydrogen-bond donors (Lipinski definition) is 1. The Morgan fingerprint density at radius 3 is 2.76 bits per heavy atom. The summed E-state index contributed by atoms with van der Waals surface area (Å²) in [4.78, 5) is 11.4. The maximum Gasteiger partial charge on any atom is 0.356 e. The summed E-state index contributed by atoms with van der Waals surface area (Å²) in [6.07, 6.45) is 4.82. The number of aromatic carboxylic acids is 1. The van der Waals surface area contributed by atoms with Crippen LogP contribution in [-0.2, 0) is 12.8 Å². The van der Waals surface area contributed by atoms with Gasteiger partial charge in [-0.05, 0) is 59.8 Å². The molecule has 21 heavy (non-hydrogen) atoms. The third kappa shape index (κ3) is 2.72. The summed E-state index contributed by atoms with van der Waals surface area (Å²) in [6, 6.07) is 5.54. The molecular weight excluding hydrogens is 356 g/mol. The normalized spacial score (nSPS) is 14.6. The summed E-state index contributed by atoms with van der Waals surface area (Å²) in [6.45, 7) is 0. The van der Waals surface area contributed by atoms with Crippen molar-refractivity contribution in [2.24, 2.45) is 0 Å². The van der Waals surface area contributed by atoms with E-state index in [9.17, 15) is 9.90 Å². The molecule has 0 fully saturated rings. The van der Waals surface area contributed by atoms with Gasteiger partial charge < -0.3 is 5.11 Å². The van der Waals surface area contributed by atoms with Crippen LogP contribution in [0.3, 0.4) is 0 Å². The highest BCUT2D eigenvalue weighted by Crippen LogP contribution is 2.29. The molecule has 1 N–H and O–H groups in total. The Morgan fingerprint density at radius 2 is 2.05 bits per heavy atom. The molecule has 0 aliphatic heterocycles. The highest BCUT2D eigenvalue weighted by Gasteiger charge is 2.24. The van der Waals surface area contributed by atoms with Crippen molar-refractivity contribution >= 4 is 33.5 Å². The van der Waals surface area contributed by atoms with Gasteiger partial charge in [-0.15, -0.1) is 0 Å². The highest BCUT2D eigenvalue weighted by atomic mass is 79.9. The molecule has 0 radical (unpaired) electrons. The number of halogens is 2. The smallest absolute Gasteiger partial charge is 0.356 e. The molecule has 1 heterocycles. The van der Waals surface area contributed by atoms with Crippen LogP contribution in [0.4, 0.5) is 0 Å². The van der Waals surface area contributed by atoms with Crippen LogP contribution in [0.2, 0.25) is 5.02 Å². The fourth-order valence-electron chi connectivity index (χ4n) is 2.78. The van der Waals surface area contributed by atoms with Crippen LogP contribution in [0.25, 0.3) is 5.69 Å². The summed E-state index contributed by atoms with van der Waals surface area (Å²) in [5.74, 6) is -0.963. The van der Waals surface area contributed by atoms with Crippen LogP contribution in [0, 0.1) is 0 Å². The number of carbonyl (C=O) groups is 1. The number of carboxylic acids is 1. The Balaban J connectivity index is 2.17. The second-order valence-corrected chi connectivity index (χ2v) is 6.41. The van der Waals surface area contributed by atoms with Gasteiger partial charge in [0.1, 0.15) is 0 Å². The van der Waals surface area contributed by atoms with E-state index in [1.54, 1.807) is 10.7 Å². The standard InChI is InChI=1S/C15H14BrClN2O2/c16-11-7-6-9(8-12(11)17)19-13-5-3-1-2-4-10(13)14(18-19)15(20)21/h6-8H,1-5H2,(H,20,21). The van der Waals surface area contributed by atoms with Crippen LogP contribution >= 0.6 is 27.5 Å². The van der Waals surface area contributed by atoms with Crippen LogP contribution in [0.15, 0.2) is 22.7 Å². The van der Waals surface area contributed by atoms with Crippen molar-refractivity contribution in [2.75, 3.05) is 0 Å². The third-order valence-electron chi connectivity index (χ3n) is 3.78. The molecule has 0 atom stereocenters. The minimum atomic E-state index is -0.963. The lowest BCUT2D eigenvalue weighted by atomic mass is 10.1. The van der Waals surface area contributed by atoms with Crippen molar-refractivity contribution < 1.29 is 9.90 Å². The van der Waals surface area contributed by atoms with Gasteiger partial charge in [-0.2, -0.15) is 5.10 Å². The largest absolute Gasteiger partial charge is 0.476 e. The zero-order valence-corrected chi connectivity index (χ0v) is 13.6. The SMILES string of the molecule is O=C(O)c1nn(-c2ccc(Br)c(Cl)c2)c2c1CCCCC2. The Labute approximate surface area is 135 Å². The molecule has 0 bridgehead atoms. The van der Waals surface area contributed by atoms with Gasteiger partial charge in [-0.1, -0.05) is 18.0 Å². The summed E-state index contributed by atoms with van der Waals surface area (Å²) in [5, 5.41) is 14.3. The predicted molar refractivity (Wildman–Crippen MR) is 84.5 cm³/mol. The molecule has 0 saturated carbocycles. The summed E-state index contributed by atoms with van der Waals surface area (Å²) in [7, 11) is 0. The molecule has 1 aromatic heterocycles. The van der Waals surface area contributed by atoms with Crippen molar-refractivity contribution in [3.05, 3.63) is 44.6 Å². The molecule has 4 nitrogen and oxygen atoms in total.